The highest BCUT2D eigenvalue weighted by Crippen LogP contribution is 2.33. The lowest BCUT2D eigenvalue weighted by Crippen LogP contribution is -2.59. The molecule has 0 aliphatic carbocycles. The minimum absolute atomic E-state index is 0.211. The molecule has 35 heavy (non-hydrogen) atoms. The van der Waals surface area contributed by atoms with Gasteiger partial charge in [0.1, 0.15) is 16.1 Å². The molecule has 192 valence electrons. The van der Waals surface area contributed by atoms with E-state index in [1.54, 1.807) is 24.5 Å². The van der Waals surface area contributed by atoms with Crippen molar-refractivity contribution in [1.29, 1.82) is 0 Å². The first-order chi connectivity index (χ1) is 16.1. The monoisotopic (exact) mass is 505 g/mol. The number of halogens is 1. The number of hydrogen-bond donors (Lipinski definition) is 2. The predicted molar refractivity (Wildman–Crippen MR) is 136 cm³/mol. The Bertz CT molecular complexity index is 1020. The van der Waals surface area contributed by atoms with Crippen molar-refractivity contribution in [2.75, 3.05) is 24.5 Å². The van der Waals surface area contributed by atoms with Crippen LogP contribution in [0.15, 0.2) is 36.7 Å². The number of carboxylic acid groups (broad SMARTS) is 1. The Balaban J connectivity index is 1.92. The number of aromatic nitrogens is 2. The SMILES string of the molecule is CC(N[S+]([O-])C(C)(C)C)(c1ccc(F)cc1)c1cnc(N2CCN(C(=O)O)C(C(C)(C)C)C2)nc1. The number of rotatable bonds is 5. The predicted octanol–water partition coefficient (Wildman–Crippen LogP) is 4.15. The van der Waals surface area contributed by atoms with Crippen LogP contribution in [0.3, 0.4) is 0 Å². The summed E-state index contributed by atoms with van der Waals surface area (Å²) in [5.74, 6) is 0.153. The van der Waals surface area contributed by atoms with Gasteiger partial charge in [-0.15, -0.1) is 4.72 Å². The third-order valence-electron chi connectivity index (χ3n) is 6.40. The highest BCUT2D eigenvalue weighted by atomic mass is 32.2. The summed E-state index contributed by atoms with van der Waals surface area (Å²) < 4.78 is 29.4. The molecule has 3 atom stereocenters. The maximum atomic E-state index is 13.6. The quantitative estimate of drug-likeness (QED) is 0.588. The number of hydrogen-bond acceptors (Lipinski definition) is 6. The molecule has 1 aromatic carbocycles. The molecule has 3 rings (SSSR count). The van der Waals surface area contributed by atoms with E-state index in [0.29, 0.717) is 31.1 Å². The van der Waals surface area contributed by atoms with Crippen molar-refractivity contribution in [2.24, 2.45) is 5.41 Å². The zero-order valence-corrected chi connectivity index (χ0v) is 22.3. The Morgan fingerprint density at radius 3 is 2.11 bits per heavy atom. The molecule has 2 heterocycles. The fourth-order valence-corrected chi connectivity index (χ4v) is 5.00. The summed E-state index contributed by atoms with van der Waals surface area (Å²) in [6, 6.07) is 5.86. The van der Waals surface area contributed by atoms with E-state index in [0.717, 1.165) is 5.56 Å². The number of amides is 1. The summed E-state index contributed by atoms with van der Waals surface area (Å²) in [5, 5.41) is 9.63. The van der Waals surface area contributed by atoms with Crippen LogP contribution in [-0.4, -0.2) is 61.0 Å². The van der Waals surface area contributed by atoms with Crippen LogP contribution >= 0.6 is 0 Å². The van der Waals surface area contributed by atoms with Gasteiger partial charge in [-0.3, -0.25) is 0 Å². The third kappa shape index (κ3) is 6.05. The van der Waals surface area contributed by atoms with Crippen LogP contribution in [0.1, 0.15) is 59.6 Å². The summed E-state index contributed by atoms with van der Waals surface area (Å²) in [4.78, 5) is 24.4. The summed E-state index contributed by atoms with van der Waals surface area (Å²) in [6.07, 6.45) is 2.46. The molecule has 0 radical (unpaired) electrons. The van der Waals surface area contributed by atoms with Gasteiger partial charge in [-0.05, 0) is 50.8 Å². The largest absolute Gasteiger partial charge is 0.598 e. The number of carbonyl (C=O) groups is 1. The van der Waals surface area contributed by atoms with Crippen molar-refractivity contribution in [2.45, 2.75) is 64.8 Å². The molecule has 1 fully saturated rings. The second-order valence-electron chi connectivity index (χ2n) is 11.2. The molecule has 1 amide bonds. The number of nitrogens with one attached hydrogen (secondary N) is 1. The first kappa shape index (κ1) is 27.2. The molecule has 1 aliphatic rings. The lowest BCUT2D eigenvalue weighted by Gasteiger charge is -2.45. The van der Waals surface area contributed by atoms with Crippen molar-refractivity contribution in [1.82, 2.24) is 19.6 Å². The molecule has 0 saturated carbocycles. The zero-order valence-electron chi connectivity index (χ0n) is 21.5. The maximum Gasteiger partial charge on any atom is 0.407 e. The van der Waals surface area contributed by atoms with Crippen LogP contribution < -0.4 is 9.62 Å². The lowest BCUT2D eigenvalue weighted by atomic mass is 9.84. The van der Waals surface area contributed by atoms with Crippen molar-refractivity contribution in [3.8, 4) is 0 Å². The van der Waals surface area contributed by atoms with Crippen molar-refractivity contribution >= 4 is 23.4 Å². The van der Waals surface area contributed by atoms with E-state index < -0.39 is 27.7 Å². The molecule has 0 spiro atoms. The first-order valence-electron chi connectivity index (χ1n) is 11.7. The van der Waals surface area contributed by atoms with Gasteiger partial charge in [0.2, 0.25) is 5.95 Å². The molecule has 8 nitrogen and oxygen atoms in total. The summed E-state index contributed by atoms with van der Waals surface area (Å²) >= 11 is -1.42. The lowest BCUT2D eigenvalue weighted by molar-refractivity contribution is 0.0745. The van der Waals surface area contributed by atoms with Crippen LogP contribution in [0.25, 0.3) is 0 Å². The van der Waals surface area contributed by atoms with E-state index in [1.807, 2.05) is 53.4 Å². The minimum Gasteiger partial charge on any atom is -0.598 e. The first-order valence-corrected chi connectivity index (χ1v) is 12.8. The molecule has 1 aromatic heterocycles. The van der Waals surface area contributed by atoms with Crippen LogP contribution in [0.5, 0.6) is 0 Å². The van der Waals surface area contributed by atoms with E-state index in [9.17, 15) is 18.8 Å². The number of piperazine rings is 1. The highest BCUT2D eigenvalue weighted by molar-refractivity contribution is 7.90. The highest BCUT2D eigenvalue weighted by Gasteiger charge is 2.41. The normalized spacial score (nSPS) is 19.9. The number of benzene rings is 1. The summed E-state index contributed by atoms with van der Waals surface area (Å²) in [6.45, 7) is 14.9. The Labute approximate surface area is 210 Å². The maximum absolute atomic E-state index is 13.6. The topological polar surface area (TPSA) is 105 Å². The zero-order chi connectivity index (χ0) is 26.2. The van der Waals surface area contributed by atoms with E-state index in [2.05, 4.69) is 14.7 Å². The molecule has 0 bridgehead atoms. The van der Waals surface area contributed by atoms with Gasteiger partial charge in [0.15, 0.2) is 0 Å². The minimum atomic E-state index is -1.42. The van der Waals surface area contributed by atoms with Crippen LogP contribution in [-0.2, 0) is 16.9 Å². The number of anilines is 1. The van der Waals surface area contributed by atoms with Gasteiger partial charge in [0, 0.05) is 49.0 Å². The van der Waals surface area contributed by atoms with E-state index >= 15 is 0 Å². The Hall–Kier alpha value is -2.43. The number of nitrogens with zero attached hydrogens (tertiary/aromatic N) is 4. The van der Waals surface area contributed by atoms with Crippen molar-refractivity contribution in [3.05, 3.63) is 53.6 Å². The Morgan fingerprint density at radius 1 is 1.06 bits per heavy atom. The molecule has 2 aromatic rings. The van der Waals surface area contributed by atoms with Crippen molar-refractivity contribution < 1.29 is 18.8 Å². The fraction of sp³-hybridized carbons (Fsp3) is 0.560. The van der Waals surface area contributed by atoms with Crippen LogP contribution in [0.2, 0.25) is 0 Å². The Kier molecular flexibility index (Phi) is 7.69. The molecule has 3 unspecified atom stereocenters. The smallest absolute Gasteiger partial charge is 0.407 e. The molecular weight excluding hydrogens is 469 g/mol. The van der Waals surface area contributed by atoms with Gasteiger partial charge in [-0.2, -0.15) is 0 Å². The average Bonchev–Trinajstić information content (AvgIpc) is 2.77. The van der Waals surface area contributed by atoms with E-state index in [4.69, 9.17) is 0 Å². The van der Waals surface area contributed by atoms with Crippen LogP contribution in [0.4, 0.5) is 15.1 Å². The fourth-order valence-electron chi connectivity index (χ4n) is 4.08. The molecule has 10 heteroatoms. The van der Waals surface area contributed by atoms with Gasteiger partial charge >= 0.3 is 6.09 Å². The van der Waals surface area contributed by atoms with Gasteiger partial charge in [-0.1, -0.05) is 32.9 Å². The van der Waals surface area contributed by atoms with E-state index in [-0.39, 0.29) is 17.3 Å². The molecule has 1 saturated heterocycles. The Morgan fingerprint density at radius 2 is 1.63 bits per heavy atom. The third-order valence-corrected chi connectivity index (χ3v) is 8.10. The summed E-state index contributed by atoms with van der Waals surface area (Å²) in [7, 11) is 0. The van der Waals surface area contributed by atoms with Gasteiger partial charge in [-0.25, -0.2) is 19.2 Å². The van der Waals surface area contributed by atoms with Crippen molar-refractivity contribution in [3.63, 3.8) is 0 Å². The second kappa shape index (κ2) is 9.91. The molecule has 1 aliphatic heterocycles. The van der Waals surface area contributed by atoms with Crippen LogP contribution in [0, 0.1) is 11.2 Å². The summed E-state index contributed by atoms with van der Waals surface area (Å²) in [5.41, 5.74) is 0.233. The molecular formula is C25H36FN5O3S. The van der Waals surface area contributed by atoms with Gasteiger partial charge in [0.25, 0.3) is 0 Å². The standard InChI is InChI=1S/C25H36FN5O3S/c1-23(2,3)20-16-30(12-13-31(20)22(32)33)21-27-14-18(15-28-21)25(7,29-35(34)24(4,5)6)17-8-10-19(26)11-9-17/h8-11,14-15,20,29H,12-13,16H2,1-7H3,(H,32,33). The van der Waals surface area contributed by atoms with Gasteiger partial charge < -0.3 is 19.5 Å². The van der Waals surface area contributed by atoms with E-state index in [1.165, 1.54) is 17.0 Å². The van der Waals surface area contributed by atoms with Gasteiger partial charge in [0.05, 0.1) is 6.04 Å². The average molecular weight is 506 g/mol. The second-order valence-corrected chi connectivity index (χ2v) is 13.2. The molecule has 2 N–H and O–H groups in total.